The minimum atomic E-state index is -3.76. The first-order valence-electron chi connectivity index (χ1n) is 5.12. The molecule has 0 aliphatic carbocycles. The van der Waals surface area contributed by atoms with Crippen LogP contribution in [0.25, 0.3) is 0 Å². The van der Waals surface area contributed by atoms with Gasteiger partial charge in [0.25, 0.3) is 0 Å². The molecule has 9 heteroatoms. The van der Waals surface area contributed by atoms with Crippen molar-refractivity contribution in [2.75, 3.05) is 11.8 Å². The number of rotatable bonds is 5. The first-order chi connectivity index (χ1) is 8.16. The zero-order valence-electron chi connectivity index (χ0n) is 10.5. The van der Waals surface area contributed by atoms with E-state index in [2.05, 4.69) is 9.10 Å². The van der Waals surface area contributed by atoms with Crippen molar-refractivity contribution < 1.29 is 18.3 Å². The van der Waals surface area contributed by atoms with Crippen molar-refractivity contribution in [1.29, 1.82) is 0 Å². The van der Waals surface area contributed by atoms with Crippen LogP contribution < -0.4 is 4.72 Å². The lowest BCUT2D eigenvalue weighted by atomic mass is 10.2. The minimum absolute atomic E-state index is 0.0208. The Morgan fingerprint density at radius 1 is 1.50 bits per heavy atom. The van der Waals surface area contributed by atoms with E-state index in [9.17, 15) is 13.2 Å². The Morgan fingerprint density at radius 2 is 2.06 bits per heavy atom. The summed E-state index contributed by atoms with van der Waals surface area (Å²) in [5.41, 5.74) is 0.179. The summed E-state index contributed by atoms with van der Waals surface area (Å²) >= 11 is 0.813. The van der Waals surface area contributed by atoms with Gasteiger partial charge in [-0.3, -0.25) is 4.72 Å². The molecule has 0 amide bonds. The van der Waals surface area contributed by atoms with Gasteiger partial charge in [0, 0.05) is 13.1 Å². The van der Waals surface area contributed by atoms with E-state index in [1.165, 1.54) is 14.0 Å². The lowest BCUT2D eigenvalue weighted by Gasteiger charge is -2.21. The van der Waals surface area contributed by atoms with Crippen LogP contribution in [-0.4, -0.2) is 41.3 Å². The van der Waals surface area contributed by atoms with Crippen LogP contribution in [0.4, 0.5) is 5.00 Å². The van der Waals surface area contributed by atoms with Crippen molar-refractivity contribution in [3.63, 3.8) is 0 Å². The fraction of sp³-hybridized carbons (Fsp3) is 0.556. The molecule has 1 heterocycles. The molecule has 0 fully saturated rings. The summed E-state index contributed by atoms with van der Waals surface area (Å²) in [5.74, 6) is -1.20. The average molecular weight is 293 g/mol. The fourth-order valence-corrected chi connectivity index (χ4v) is 3.30. The van der Waals surface area contributed by atoms with E-state index in [4.69, 9.17) is 5.11 Å². The highest BCUT2D eigenvalue weighted by molar-refractivity contribution is 7.90. The Hall–Kier alpha value is -1.19. The van der Waals surface area contributed by atoms with Gasteiger partial charge in [-0.1, -0.05) is 0 Å². The first kappa shape index (κ1) is 14.9. The number of nitrogens with zero attached hydrogens (tertiary/aromatic N) is 2. The molecule has 0 atom stereocenters. The van der Waals surface area contributed by atoms with Gasteiger partial charge in [0.1, 0.15) is 10.6 Å². The molecule has 0 unspecified atom stereocenters. The topological polar surface area (TPSA) is 99.6 Å². The standard InChI is InChI=1S/C9H15N3O4S2/c1-5(2)12(4)18(15,16)11-8-7(9(13)14)6(3)10-17-8/h5,11H,1-4H3,(H,13,14). The number of nitrogens with one attached hydrogen (secondary N) is 1. The maximum Gasteiger partial charge on any atom is 0.340 e. The zero-order valence-corrected chi connectivity index (χ0v) is 12.1. The summed E-state index contributed by atoms with van der Waals surface area (Å²) in [6, 6.07) is -0.232. The monoisotopic (exact) mass is 293 g/mol. The van der Waals surface area contributed by atoms with Gasteiger partial charge in [0.15, 0.2) is 0 Å². The van der Waals surface area contributed by atoms with E-state index in [0.717, 1.165) is 15.8 Å². The van der Waals surface area contributed by atoms with Gasteiger partial charge in [-0.15, -0.1) is 0 Å². The quantitative estimate of drug-likeness (QED) is 0.848. The number of aromatic carboxylic acids is 1. The molecule has 1 aromatic rings. The molecule has 0 saturated carbocycles. The highest BCUT2D eigenvalue weighted by atomic mass is 32.2. The zero-order chi connectivity index (χ0) is 14.1. The van der Waals surface area contributed by atoms with E-state index >= 15 is 0 Å². The molecule has 2 N–H and O–H groups in total. The summed E-state index contributed by atoms with van der Waals surface area (Å²) in [7, 11) is -2.35. The smallest absolute Gasteiger partial charge is 0.340 e. The molecule has 1 aromatic heterocycles. The van der Waals surface area contributed by atoms with E-state index in [1.807, 2.05) is 0 Å². The molecule has 0 saturated heterocycles. The van der Waals surface area contributed by atoms with Crippen LogP contribution in [0.2, 0.25) is 0 Å². The molecule has 1 rings (SSSR count). The van der Waals surface area contributed by atoms with Gasteiger partial charge in [-0.25, -0.2) is 4.79 Å². The van der Waals surface area contributed by atoms with Crippen LogP contribution in [-0.2, 0) is 10.2 Å². The number of anilines is 1. The van der Waals surface area contributed by atoms with E-state index in [-0.39, 0.29) is 22.3 Å². The largest absolute Gasteiger partial charge is 0.478 e. The van der Waals surface area contributed by atoms with Gasteiger partial charge < -0.3 is 5.11 Å². The Kier molecular flexibility index (Phi) is 4.30. The Morgan fingerprint density at radius 3 is 2.50 bits per heavy atom. The van der Waals surface area contributed by atoms with Gasteiger partial charge in [0.2, 0.25) is 0 Å². The molecule has 0 aromatic carbocycles. The second kappa shape index (κ2) is 5.21. The summed E-state index contributed by atoms with van der Waals surface area (Å²) < 4.78 is 31.1. The number of hydrogen-bond acceptors (Lipinski definition) is 5. The predicted molar refractivity (Wildman–Crippen MR) is 69.3 cm³/mol. The molecular weight excluding hydrogens is 278 g/mol. The molecular formula is C9H15N3O4S2. The SMILES string of the molecule is Cc1nsc(NS(=O)(=O)N(C)C(C)C)c1C(=O)O. The van der Waals surface area contributed by atoms with Crippen molar-refractivity contribution in [3.05, 3.63) is 11.3 Å². The number of aryl methyl sites for hydroxylation is 1. The second-order valence-corrected chi connectivity index (χ2v) is 6.50. The normalized spacial score (nSPS) is 12.1. The Bertz CT molecular complexity index is 550. The average Bonchev–Trinajstić information content (AvgIpc) is 2.57. The van der Waals surface area contributed by atoms with Crippen LogP contribution in [0.3, 0.4) is 0 Å². The van der Waals surface area contributed by atoms with Crippen molar-refractivity contribution in [3.8, 4) is 0 Å². The molecule has 7 nitrogen and oxygen atoms in total. The third-order valence-corrected chi connectivity index (χ3v) is 5.03. The van der Waals surface area contributed by atoms with Gasteiger partial charge in [-0.2, -0.15) is 17.1 Å². The number of carboxylic acid groups (broad SMARTS) is 1. The third-order valence-electron chi connectivity index (χ3n) is 2.40. The van der Waals surface area contributed by atoms with Crippen LogP contribution in [0.1, 0.15) is 29.9 Å². The predicted octanol–water partition coefficient (Wildman–Crippen LogP) is 1.15. The van der Waals surface area contributed by atoms with Crippen LogP contribution in [0.15, 0.2) is 0 Å². The molecule has 18 heavy (non-hydrogen) atoms. The van der Waals surface area contributed by atoms with Crippen molar-refractivity contribution in [2.24, 2.45) is 0 Å². The number of aromatic nitrogens is 1. The second-order valence-electron chi connectivity index (χ2n) is 3.99. The van der Waals surface area contributed by atoms with Crippen LogP contribution >= 0.6 is 11.5 Å². The van der Waals surface area contributed by atoms with E-state index in [1.54, 1.807) is 13.8 Å². The molecule has 0 spiro atoms. The van der Waals surface area contributed by atoms with E-state index < -0.39 is 16.2 Å². The summed E-state index contributed by atoms with van der Waals surface area (Å²) in [4.78, 5) is 11.0. The molecule has 0 aliphatic rings. The van der Waals surface area contributed by atoms with Gasteiger partial charge in [0.05, 0.1) is 5.69 Å². The third kappa shape index (κ3) is 2.98. The first-order valence-corrected chi connectivity index (χ1v) is 7.33. The Labute approximate surface area is 110 Å². The summed E-state index contributed by atoms with van der Waals surface area (Å²) in [6.45, 7) is 4.95. The van der Waals surface area contributed by atoms with Crippen molar-refractivity contribution >= 4 is 32.7 Å². The number of carboxylic acids is 1. The highest BCUT2D eigenvalue weighted by Gasteiger charge is 2.25. The summed E-state index contributed by atoms with van der Waals surface area (Å²) in [6.07, 6.45) is 0. The van der Waals surface area contributed by atoms with Crippen LogP contribution in [0, 0.1) is 6.92 Å². The number of hydrogen-bond donors (Lipinski definition) is 2. The van der Waals surface area contributed by atoms with Gasteiger partial charge >= 0.3 is 16.2 Å². The molecule has 0 radical (unpaired) electrons. The minimum Gasteiger partial charge on any atom is -0.478 e. The Balaban J connectivity index is 3.09. The molecule has 102 valence electrons. The fourth-order valence-electron chi connectivity index (χ4n) is 1.16. The molecule has 0 aliphatic heterocycles. The maximum atomic E-state index is 11.9. The number of carbonyl (C=O) groups is 1. The summed E-state index contributed by atoms with van der Waals surface area (Å²) in [5, 5.41) is 9.02. The lowest BCUT2D eigenvalue weighted by molar-refractivity contribution is 0.0697. The van der Waals surface area contributed by atoms with E-state index in [0.29, 0.717) is 0 Å². The van der Waals surface area contributed by atoms with Crippen molar-refractivity contribution in [1.82, 2.24) is 8.68 Å². The highest BCUT2D eigenvalue weighted by Crippen LogP contribution is 2.26. The van der Waals surface area contributed by atoms with Gasteiger partial charge in [-0.05, 0) is 32.3 Å². The maximum absolute atomic E-state index is 11.9. The van der Waals surface area contributed by atoms with Crippen molar-refractivity contribution in [2.45, 2.75) is 26.8 Å². The van der Waals surface area contributed by atoms with Crippen LogP contribution in [0.5, 0.6) is 0 Å². The molecule has 0 bridgehead atoms. The lowest BCUT2D eigenvalue weighted by Crippen LogP contribution is -2.37.